The summed E-state index contributed by atoms with van der Waals surface area (Å²) < 4.78 is 0. The van der Waals surface area contributed by atoms with Crippen molar-refractivity contribution < 1.29 is 0 Å². The number of rotatable bonds is 3. The lowest BCUT2D eigenvalue weighted by Gasteiger charge is -2.35. The molecule has 5 nitrogen and oxygen atoms in total. The maximum absolute atomic E-state index is 6.28. The lowest BCUT2D eigenvalue weighted by molar-refractivity contribution is 0.380. The van der Waals surface area contributed by atoms with Gasteiger partial charge in [0.1, 0.15) is 0 Å². The van der Waals surface area contributed by atoms with E-state index in [4.69, 9.17) is 10.7 Å². The molecule has 26 heavy (non-hydrogen) atoms. The third-order valence-corrected chi connectivity index (χ3v) is 6.79. The van der Waals surface area contributed by atoms with E-state index in [1.807, 2.05) is 11.6 Å². The van der Waals surface area contributed by atoms with Crippen LogP contribution in [-0.2, 0) is 6.42 Å². The van der Waals surface area contributed by atoms with E-state index in [-0.39, 0.29) is 24.0 Å². The molecule has 1 saturated heterocycles. The van der Waals surface area contributed by atoms with Crippen LogP contribution in [0.4, 0.5) is 5.13 Å². The Kier molecular flexibility index (Phi) is 5.09. The van der Waals surface area contributed by atoms with Crippen LogP contribution in [0.1, 0.15) is 17.0 Å². The molecular formula is C19H24IN5S. The van der Waals surface area contributed by atoms with E-state index >= 15 is 0 Å². The first kappa shape index (κ1) is 18.0. The van der Waals surface area contributed by atoms with Crippen molar-refractivity contribution in [3.05, 3.63) is 47.0 Å². The first-order chi connectivity index (χ1) is 12.3. The van der Waals surface area contributed by atoms with Crippen molar-refractivity contribution >= 4 is 46.4 Å². The van der Waals surface area contributed by atoms with Gasteiger partial charge in [-0.1, -0.05) is 24.3 Å². The average molecular weight is 481 g/mol. The highest BCUT2D eigenvalue weighted by molar-refractivity contribution is 14.0. The predicted octanol–water partition coefficient (Wildman–Crippen LogP) is 2.78. The van der Waals surface area contributed by atoms with Gasteiger partial charge in [-0.2, -0.15) is 0 Å². The third kappa shape index (κ3) is 3.19. The van der Waals surface area contributed by atoms with Crippen molar-refractivity contribution in [2.45, 2.75) is 12.3 Å². The standard InChI is InChI=1S/C19H23N5S.HI/c20-18(23-6-8-24(9-7-23)19-21-5-10-25-19)22-12-16-15-11-13-3-1-2-4-14(13)17(15)16;/h1-5,10,15-17H,6-9,11-12H2,(H2,20,22);1H. The van der Waals surface area contributed by atoms with Crippen LogP contribution in [0, 0.1) is 11.8 Å². The minimum Gasteiger partial charge on any atom is -0.370 e. The van der Waals surface area contributed by atoms with Gasteiger partial charge in [-0.05, 0) is 35.3 Å². The van der Waals surface area contributed by atoms with Crippen molar-refractivity contribution in [1.82, 2.24) is 9.88 Å². The summed E-state index contributed by atoms with van der Waals surface area (Å²) in [6.45, 7) is 4.66. The van der Waals surface area contributed by atoms with Crippen LogP contribution in [0.2, 0.25) is 0 Å². The molecule has 1 aromatic carbocycles. The Bertz CT molecular complexity index is 785. The summed E-state index contributed by atoms with van der Waals surface area (Å²) in [5.41, 5.74) is 9.38. The quantitative estimate of drug-likeness (QED) is 0.416. The molecule has 1 aliphatic heterocycles. The lowest BCUT2D eigenvalue weighted by Crippen LogP contribution is -2.51. The van der Waals surface area contributed by atoms with Crippen LogP contribution in [0.3, 0.4) is 0 Å². The molecule has 2 aromatic rings. The smallest absolute Gasteiger partial charge is 0.191 e. The molecule has 138 valence electrons. The molecule has 0 spiro atoms. The maximum Gasteiger partial charge on any atom is 0.191 e. The molecule has 3 aliphatic rings. The molecule has 2 aliphatic carbocycles. The summed E-state index contributed by atoms with van der Waals surface area (Å²) in [4.78, 5) is 13.7. The van der Waals surface area contributed by atoms with E-state index in [1.165, 1.54) is 6.42 Å². The van der Waals surface area contributed by atoms with Gasteiger partial charge in [0.25, 0.3) is 0 Å². The van der Waals surface area contributed by atoms with Crippen molar-refractivity contribution in [3.63, 3.8) is 0 Å². The van der Waals surface area contributed by atoms with Crippen molar-refractivity contribution in [2.75, 3.05) is 37.6 Å². The molecular weight excluding hydrogens is 457 g/mol. The minimum absolute atomic E-state index is 0. The Hall–Kier alpha value is -1.35. The Morgan fingerprint density at radius 3 is 2.81 bits per heavy atom. The Balaban J connectivity index is 0.00000168. The minimum atomic E-state index is 0. The normalized spacial score (nSPS) is 26.9. The highest BCUT2D eigenvalue weighted by Gasteiger charge is 2.54. The summed E-state index contributed by atoms with van der Waals surface area (Å²) >= 11 is 1.70. The van der Waals surface area contributed by atoms with Crippen LogP contribution in [0.25, 0.3) is 0 Å². The molecule has 0 radical (unpaired) electrons. The largest absolute Gasteiger partial charge is 0.370 e. The van der Waals surface area contributed by atoms with Crippen LogP contribution < -0.4 is 10.6 Å². The lowest BCUT2D eigenvalue weighted by atomic mass is 10.0. The topological polar surface area (TPSA) is 57.8 Å². The summed E-state index contributed by atoms with van der Waals surface area (Å²) in [6.07, 6.45) is 3.10. The first-order valence-corrected chi connectivity index (χ1v) is 9.96. The van der Waals surface area contributed by atoms with Gasteiger partial charge in [0.2, 0.25) is 0 Å². The monoisotopic (exact) mass is 481 g/mol. The molecule has 0 amide bonds. The average Bonchev–Trinajstić information content (AvgIpc) is 3.04. The van der Waals surface area contributed by atoms with E-state index in [0.29, 0.717) is 5.92 Å². The molecule has 5 rings (SSSR count). The second kappa shape index (κ2) is 7.34. The summed E-state index contributed by atoms with van der Waals surface area (Å²) in [5, 5.41) is 3.14. The van der Waals surface area contributed by atoms with Gasteiger partial charge >= 0.3 is 0 Å². The maximum atomic E-state index is 6.28. The van der Waals surface area contributed by atoms with E-state index in [2.05, 4.69) is 39.0 Å². The van der Waals surface area contributed by atoms with E-state index in [1.54, 1.807) is 22.5 Å². The molecule has 2 N–H and O–H groups in total. The Morgan fingerprint density at radius 2 is 2.04 bits per heavy atom. The van der Waals surface area contributed by atoms with Crippen molar-refractivity contribution in [1.29, 1.82) is 0 Å². The summed E-state index contributed by atoms with van der Waals surface area (Å²) in [6, 6.07) is 8.89. The zero-order valence-electron chi connectivity index (χ0n) is 14.6. The summed E-state index contributed by atoms with van der Waals surface area (Å²) in [5.74, 6) is 2.95. The molecule has 2 heterocycles. The Morgan fingerprint density at radius 1 is 1.23 bits per heavy atom. The molecule has 1 aromatic heterocycles. The number of nitrogens with two attached hydrogens (primary N) is 1. The van der Waals surface area contributed by atoms with Gasteiger partial charge < -0.3 is 15.5 Å². The van der Waals surface area contributed by atoms with Gasteiger partial charge in [-0.25, -0.2) is 4.98 Å². The van der Waals surface area contributed by atoms with E-state index < -0.39 is 0 Å². The number of guanidine groups is 1. The highest BCUT2D eigenvalue weighted by Crippen LogP contribution is 2.61. The van der Waals surface area contributed by atoms with E-state index in [9.17, 15) is 0 Å². The van der Waals surface area contributed by atoms with Crippen molar-refractivity contribution in [3.8, 4) is 0 Å². The van der Waals surface area contributed by atoms with Crippen LogP contribution in [0.5, 0.6) is 0 Å². The van der Waals surface area contributed by atoms with Crippen LogP contribution >= 0.6 is 35.3 Å². The molecule has 7 heteroatoms. The van der Waals surface area contributed by atoms with Crippen LogP contribution in [-0.4, -0.2) is 48.6 Å². The number of fused-ring (bicyclic) bond motifs is 3. The van der Waals surface area contributed by atoms with E-state index in [0.717, 1.165) is 55.7 Å². The number of halogens is 1. The Labute approximate surface area is 175 Å². The number of hydrogen-bond acceptors (Lipinski definition) is 4. The fraction of sp³-hybridized carbons (Fsp3) is 0.474. The van der Waals surface area contributed by atoms with Gasteiger partial charge in [-0.3, -0.25) is 4.99 Å². The second-order valence-corrected chi connectivity index (χ2v) is 8.12. The number of aliphatic imine (C=N–C) groups is 1. The molecule has 0 bridgehead atoms. The molecule has 1 saturated carbocycles. The number of thiazole rings is 1. The number of anilines is 1. The molecule has 3 unspecified atom stereocenters. The fourth-order valence-electron chi connectivity index (χ4n) is 4.53. The van der Waals surface area contributed by atoms with Gasteiger partial charge in [0.15, 0.2) is 11.1 Å². The number of nitrogens with zero attached hydrogens (tertiary/aromatic N) is 4. The highest BCUT2D eigenvalue weighted by atomic mass is 127. The number of hydrogen-bond donors (Lipinski definition) is 1. The fourth-order valence-corrected chi connectivity index (χ4v) is 5.23. The van der Waals surface area contributed by atoms with Gasteiger partial charge in [0.05, 0.1) is 0 Å². The van der Waals surface area contributed by atoms with Gasteiger partial charge in [-0.15, -0.1) is 35.3 Å². The van der Waals surface area contributed by atoms with Gasteiger partial charge in [0, 0.05) is 44.3 Å². The summed E-state index contributed by atoms with van der Waals surface area (Å²) in [7, 11) is 0. The molecule has 3 atom stereocenters. The number of aromatic nitrogens is 1. The SMILES string of the molecule is I.NC(=NCC1C2Cc3ccccc3C12)N1CCN(c2nccs2)CC1. The second-order valence-electron chi connectivity index (χ2n) is 7.24. The zero-order chi connectivity index (χ0) is 16.8. The predicted molar refractivity (Wildman–Crippen MR) is 118 cm³/mol. The van der Waals surface area contributed by atoms with Crippen molar-refractivity contribution in [2.24, 2.45) is 22.6 Å². The first-order valence-electron chi connectivity index (χ1n) is 9.08. The zero-order valence-corrected chi connectivity index (χ0v) is 17.8. The van der Waals surface area contributed by atoms with Crippen LogP contribution in [0.15, 0.2) is 40.8 Å². The molecule has 2 fully saturated rings. The third-order valence-electron chi connectivity index (χ3n) is 5.96. The number of piperazine rings is 1. The number of benzene rings is 1.